The number of halogens is 1. The Morgan fingerprint density at radius 2 is 2.09 bits per heavy atom. The van der Waals surface area contributed by atoms with Gasteiger partial charge >= 0.3 is 11.8 Å². The molecule has 8 nitrogen and oxygen atoms in total. The van der Waals surface area contributed by atoms with Crippen LogP contribution in [0, 0.1) is 0 Å². The number of carbonyl (C=O) groups excluding carboxylic acids is 3. The fourth-order valence-corrected chi connectivity index (χ4v) is 1.63. The highest BCUT2D eigenvalue weighted by molar-refractivity contribution is 6.35. The number of hydrazone groups is 1. The van der Waals surface area contributed by atoms with Crippen LogP contribution in [0.25, 0.3) is 0 Å². The van der Waals surface area contributed by atoms with Crippen molar-refractivity contribution in [2.75, 3.05) is 13.2 Å². The third-order valence-corrected chi connectivity index (χ3v) is 2.72. The number of carbonyl (C=O) groups is 3. The normalized spacial score (nSPS) is 10.3. The molecule has 1 aromatic rings. The first-order valence-electron chi connectivity index (χ1n) is 6.67. The number of benzene rings is 1. The van der Waals surface area contributed by atoms with Crippen LogP contribution in [0.3, 0.4) is 0 Å². The number of rotatable bonds is 7. The summed E-state index contributed by atoms with van der Waals surface area (Å²) in [6, 6.07) is 4.45. The lowest BCUT2D eigenvalue weighted by Gasteiger charge is -2.08. The number of carboxylic acids is 1. The molecule has 1 aromatic carbocycles. The van der Waals surface area contributed by atoms with E-state index in [1.807, 2.05) is 6.92 Å². The molecule has 2 N–H and O–H groups in total. The van der Waals surface area contributed by atoms with E-state index in [4.69, 9.17) is 16.3 Å². The van der Waals surface area contributed by atoms with E-state index in [9.17, 15) is 19.5 Å². The van der Waals surface area contributed by atoms with Gasteiger partial charge in [0.15, 0.2) is 0 Å². The number of amides is 2. The second-order valence-corrected chi connectivity index (χ2v) is 4.71. The van der Waals surface area contributed by atoms with Crippen LogP contribution in [0.2, 0.25) is 5.02 Å². The summed E-state index contributed by atoms with van der Waals surface area (Å²) in [6.45, 7) is 1.65. The first-order valence-corrected chi connectivity index (χ1v) is 7.05. The number of ether oxygens (including phenoxy) is 1. The van der Waals surface area contributed by atoms with E-state index >= 15 is 0 Å². The lowest BCUT2D eigenvalue weighted by atomic mass is 10.2. The Bertz CT molecular complexity index is 618. The largest absolute Gasteiger partial charge is 0.546 e. The monoisotopic (exact) mass is 340 g/mol. The fraction of sp³-hybridized carbons (Fsp3) is 0.286. The van der Waals surface area contributed by atoms with Gasteiger partial charge in [0, 0.05) is 6.54 Å². The van der Waals surface area contributed by atoms with E-state index in [-0.39, 0.29) is 10.8 Å². The molecule has 0 spiro atoms. The molecule has 0 bridgehead atoms. The smallest absolute Gasteiger partial charge is 0.329 e. The van der Waals surface area contributed by atoms with Gasteiger partial charge in [0.25, 0.3) is 0 Å². The van der Waals surface area contributed by atoms with Crippen LogP contribution >= 0.6 is 11.6 Å². The third-order valence-electron chi connectivity index (χ3n) is 2.42. The minimum atomic E-state index is -1.37. The molecule has 0 saturated carbocycles. The summed E-state index contributed by atoms with van der Waals surface area (Å²) < 4.78 is 4.90. The minimum absolute atomic E-state index is 0.169. The van der Waals surface area contributed by atoms with E-state index in [1.165, 1.54) is 18.3 Å². The highest BCUT2D eigenvalue weighted by Gasteiger charge is 2.10. The van der Waals surface area contributed by atoms with Crippen LogP contribution in [0.4, 0.5) is 0 Å². The summed E-state index contributed by atoms with van der Waals surface area (Å²) in [5, 5.41) is 16.5. The van der Waals surface area contributed by atoms with Crippen LogP contribution in [-0.2, 0) is 14.4 Å². The van der Waals surface area contributed by atoms with Gasteiger partial charge in [-0.25, -0.2) is 5.43 Å². The summed E-state index contributed by atoms with van der Waals surface area (Å²) in [7, 11) is 0. The van der Waals surface area contributed by atoms with E-state index in [1.54, 1.807) is 6.07 Å². The molecule has 0 radical (unpaired) electrons. The van der Waals surface area contributed by atoms with Gasteiger partial charge in [-0.2, -0.15) is 5.10 Å². The van der Waals surface area contributed by atoms with Gasteiger partial charge in [0.2, 0.25) is 0 Å². The number of hydrogen-bond donors (Lipinski definition) is 2. The molecular formula is C14H15ClN3O5-. The molecule has 0 aliphatic rings. The molecule has 0 aliphatic heterocycles. The van der Waals surface area contributed by atoms with Gasteiger partial charge in [-0.05, 0) is 30.2 Å². The van der Waals surface area contributed by atoms with Crippen LogP contribution in [0.1, 0.15) is 18.9 Å². The maximum absolute atomic E-state index is 11.4. The molecule has 0 aromatic heterocycles. The summed E-state index contributed by atoms with van der Waals surface area (Å²) in [6.07, 6.45) is 1.99. The second kappa shape index (κ2) is 9.42. The zero-order chi connectivity index (χ0) is 17.2. The quantitative estimate of drug-likeness (QED) is 0.392. The van der Waals surface area contributed by atoms with Crippen LogP contribution < -0.4 is 20.6 Å². The lowest BCUT2D eigenvalue weighted by molar-refractivity contribution is -0.307. The topological polar surface area (TPSA) is 120 Å². The Labute approximate surface area is 137 Å². The van der Waals surface area contributed by atoms with Crippen LogP contribution in [0.5, 0.6) is 5.75 Å². The summed E-state index contributed by atoms with van der Waals surface area (Å²) in [5.41, 5.74) is 2.59. The van der Waals surface area contributed by atoms with Crippen molar-refractivity contribution < 1.29 is 24.2 Å². The molecule has 23 heavy (non-hydrogen) atoms. The average Bonchev–Trinajstić information content (AvgIpc) is 2.51. The maximum Gasteiger partial charge on any atom is 0.329 e. The highest BCUT2D eigenvalue weighted by Crippen LogP contribution is 2.24. The summed E-state index contributed by atoms with van der Waals surface area (Å²) in [4.78, 5) is 33.0. The standard InChI is InChI=1S/C14H16ClN3O5/c1-2-5-16-13(21)14(22)18-17-7-9-3-4-11(10(15)6-9)23-8-12(19)20/h3-4,6-7H,2,5,8H2,1H3,(H,16,21)(H,18,22)(H,19,20)/p-1/b17-7-. The lowest BCUT2D eigenvalue weighted by Crippen LogP contribution is -2.38. The minimum Gasteiger partial charge on any atom is -0.546 e. The predicted molar refractivity (Wildman–Crippen MR) is 81.0 cm³/mol. The van der Waals surface area contributed by atoms with Crippen molar-refractivity contribution in [2.24, 2.45) is 5.10 Å². The van der Waals surface area contributed by atoms with Crippen molar-refractivity contribution in [1.29, 1.82) is 0 Å². The van der Waals surface area contributed by atoms with Crippen LogP contribution in [0.15, 0.2) is 23.3 Å². The first-order chi connectivity index (χ1) is 10.9. The second-order valence-electron chi connectivity index (χ2n) is 4.31. The maximum atomic E-state index is 11.4. The zero-order valence-corrected chi connectivity index (χ0v) is 13.1. The van der Waals surface area contributed by atoms with E-state index in [0.717, 1.165) is 0 Å². The van der Waals surface area contributed by atoms with Gasteiger partial charge in [0.05, 0.1) is 17.2 Å². The SMILES string of the molecule is CCCNC(=O)C(=O)N/N=C\c1ccc(OCC(=O)[O-])c(Cl)c1. The van der Waals surface area contributed by atoms with Gasteiger partial charge in [0.1, 0.15) is 12.4 Å². The molecule has 9 heteroatoms. The molecule has 0 aliphatic carbocycles. The van der Waals surface area contributed by atoms with Crippen molar-refractivity contribution in [3.8, 4) is 5.75 Å². The number of nitrogens with one attached hydrogen (secondary N) is 2. The third kappa shape index (κ3) is 6.79. The molecule has 0 atom stereocenters. The molecular weight excluding hydrogens is 326 g/mol. The van der Waals surface area contributed by atoms with Crippen molar-refractivity contribution in [3.63, 3.8) is 0 Å². The molecule has 124 valence electrons. The van der Waals surface area contributed by atoms with E-state index in [2.05, 4.69) is 15.8 Å². The number of nitrogens with zero attached hydrogens (tertiary/aromatic N) is 1. The number of aliphatic carboxylic acids is 1. The van der Waals surface area contributed by atoms with Gasteiger partial charge in [-0.3, -0.25) is 9.59 Å². The predicted octanol–water partition coefficient (Wildman–Crippen LogP) is -0.555. The van der Waals surface area contributed by atoms with Crippen molar-refractivity contribution in [1.82, 2.24) is 10.7 Å². The van der Waals surface area contributed by atoms with Crippen molar-refractivity contribution in [3.05, 3.63) is 28.8 Å². The molecule has 2 amide bonds. The van der Waals surface area contributed by atoms with Gasteiger partial charge in [-0.15, -0.1) is 0 Å². The Morgan fingerprint density at radius 3 is 2.70 bits per heavy atom. The van der Waals surface area contributed by atoms with E-state index in [0.29, 0.717) is 18.5 Å². The van der Waals surface area contributed by atoms with Gasteiger partial charge in [-0.1, -0.05) is 18.5 Å². The summed E-state index contributed by atoms with van der Waals surface area (Å²) >= 11 is 5.91. The number of carboxylic acid groups (broad SMARTS) is 1. The zero-order valence-electron chi connectivity index (χ0n) is 12.3. The molecule has 0 unspecified atom stereocenters. The molecule has 1 rings (SSSR count). The highest BCUT2D eigenvalue weighted by atomic mass is 35.5. The van der Waals surface area contributed by atoms with Crippen LogP contribution in [-0.4, -0.2) is 37.1 Å². The Hall–Kier alpha value is -2.61. The molecule has 0 fully saturated rings. The van der Waals surface area contributed by atoms with Gasteiger partial charge < -0.3 is 20.0 Å². The Morgan fingerprint density at radius 1 is 1.35 bits per heavy atom. The fourth-order valence-electron chi connectivity index (χ4n) is 1.39. The number of hydrogen-bond acceptors (Lipinski definition) is 6. The molecule has 0 saturated heterocycles. The van der Waals surface area contributed by atoms with Crippen molar-refractivity contribution in [2.45, 2.75) is 13.3 Å². The first kappa shape index (κ1) is 18.4. The summed E-state index contributed by atoms with van der Waals surface area (Å²) in [5.74, 6) is -2.84. The Kier molecular flexibility index (Phi) is 7.55. The average molecular weight is 341 g/mol. The van der Waals surface area contributed by atoms with Crippen molar-refractivity contribution >= 4 is 35.6 Å². The Balaban J connectivity index is 2.57. The van der Waals surface area contributed by atoms with E-state index < -0.39 is 24.4 Å². The molecule has 0 heterocycles.